The second-order valence-corrected chi connectivity index (χ2v) is 10.9. The van der Waals surface area contributed by atoms with Crippen LogP contribution in [0, 0.1) is 0 Å². The van der Waals surface area contributed by atoms with E-state index in [1.54, 1.807) is 41.3 Å². The molecule has 2 heterocycles. The number of halogens is 1. The topological polar surface area (TPSA) is 89.0 Å². The fourth-order valence-electron chi connectivity index (χ4n) is 3.40. The monoisotopic (exact) mass is 511 g/mol. The molecule has 0 unspecified atom stereocenters. The number of hydrogen-bond acceptors (Lipinski definition) is 8. The molecule has 1 amide bonds. The second kappa shape index (κ2) is 10.7. The minimum atomic E-state index is -3.54. The van der Waals surface area contributed by atoms with Gasteiger partial charge in [-0.2, -0.15) is 0 Å². The summed E-state index contributed by atoms with van der Waals surface area (Å²) >= 11 is 1.38. The molecule has 8 nitrogen and oxygen atoms in total. The normalized spacial score (nSPS) is 12.7. The van der Waals surface area contributed by atoms with Gasteiger partial charge in [-0.05, 0) is 39.2 Å². The van der Waals surface area contributed by atoms with Gasteiger partial charge in [0.05, 0.1) is 20.9 Å². The van der Waals surface area contributed by atoms with Crippen molar-refractivity contribution in [1.82, 2.24) is 9.88 Å². The molecule has 4 rings (SSSR count). The Balaban J connectivity index is 0.00000306. The highest BCUT2D eigenvalue weighted by Crippen LogP contribution is 2.40. The van der Waals surface area contributed by atoms with E-state index in [1.807, 2.05) is 25.1 Å². The zero-order chi connectivity index (χ0) is 22.7. The van der Waals surface area contributed by atoms with E-state index in [4.69, 9.17) is 9.47 Å². The summed E-state index contributed by atoms with van der Waals surface area (Å²) < 4.78 is 37.0. The molecule has 0 aliphatic carbocycles. The van der Waals surface area contributed by atoms with Crippen molar-refractivity contribution in [3.63, 3.8) is 0 Å². The number of ether oxygens (including phenoxy) is 2. The van der Waals surface area contributed by atoms with Gasteiger partial charge in [-0.15, -0.1) is 12.4 Å². The van der Waals surface area contributed by atoms with Crippen molar-refractivity contribution >= 4 is 54.8 Å². The Kier molecular flexibility index (Phi) is 8.17. The van der Waals surface area contributed by atoms with Crippen LogP contribution in [0.5, 0.6) is 11.5 Å². The van der Waals surface area contributed by atoms with Crippen LogP contribution in [0.25, 0.3) is 10.2 Å². The molecule has 0 saturated carbocycles. The molecule has 1 aliphatic rings. The van der Waals surface area contributed by atoms with Crippen LogP contribution < -0.4 is 14.4 Å². The predicted octanol–water partition coefficient (Wildman–Crippen LogP) is 3.60. The fraction of sp³-hybridized carbons (Fsp3) is 0.364. The number of hydrogen-bond donors (Lipinski definition) is 0. The van der Waals surface area contributed by atoms with Crippen LogP contribution in [0.4, 0.5) is 5.13 Å². The maximum absolute atomic E-state index is 13.1. The van der Waals surface area contributed by atoms with E-state index in [9.17, 15) is 13.2 Å². The highest BCUT2D eigenvalue weighted by Gasteiger charge is 2.24. The summed E-state index contributed by atoms with van der Waals surface area (Å²) in [6, 6.07) is 11.9. The molecule has 0 spiro atoms. The average molecular weight is 512 g/mol. The Bertz CT molecular complexity index is 1170. The Morgan fingerprint density at radius 2 is 1.79 bits per heavy atom. The molecule has 178 valence electrons. The van der Waals surface area contributed by atoms with E-state index in [2.05, 4.69) is 4.98 Å². The number of aromatic nitrogens is 1. The molecular formula is C22H26ClN3O5S2. The molecule has 0 atom stereocenters. The number of fused-ring (bicyclic) bond motifs is 2. The smallest absolute Gasteiger partial charge is 0.231 e. The SMILES string of the molecule is CN(C)CCCN(C(=O)CCS(=O)(=O)c1ccccc1)c1nc2cc3c(cc2s1)OCO3.Cl. The molecule has 1 aliphatic heterocycles. The molecule has 0 fully saturated rings. The molecule has 0 saturated heterocycles. The molecular weight excluding hydrogens is 486 g/mol. The summed E-state index contributed by atoms with van der Waals surface area (Å²) in [5.74, 6) is 0.782. The van der Waals surface area contributed by atoms with Gasteiger partial charge in [0.15, 0.2) is 26.5 Å². The lowest BCUT2D eigenvalue weighted by Crippen LogP contribution is -2.34. The van der Waals surface area contributed by atoms with Gasteiger partial charge in [0.1, 0.15) is 0 Å². The number of nitrogens with zero attached hydrogens (tertiary/aromatic N) is 3. The van der Waals surface area contributed by atoms with Gasteiger partial charge in [0.25, 0.3) is 0 Å². The fourth-order valence-corrected chi connectivity index (χ4v) is 5.67. The molecule has 0 N–H and O–H groups in total. The van der Waals surface area contributed by atoms with Gasteiger partial charge < -0.3 is 14.4 Å². The number of carbonyl (C=O) groups excluding carboxylic acids is 1. The molecule has 33 heavy (non-hydrogen) atoms. The summed E-state index contributed by atoms with van der Waals surface area (Å²) in [5, 5.41) is 0.546. The first-order valence-electron chi connectivity index (χ1n) is 10.3. The maximum atomic E-state index is 13.1. The van der Waals surface area contributed by atoms with Crippen LogP contribution in [0.1, 0.15) is 12.8 Å². The van der Waals surface area contributed by atoms with Gasteiger partial charge in [-0.25, -0.2) is 13.4 Å². The van der Waals surface area contributed by atoms with Gasteiger partial charge in [-0.3, -0.25) is 9.69 Å². The van der Waals surface area contributed by atoms with Gasteiger partial charge in [-0.1, -0.05) is 29.5 Å². The first-order chi connectivity index (χ1) is 15.3. The minimum Gasteiger partial charge on any atom is -0.454 e. The lowest BCUT2D eigenvalue weighted by molar-refractivity contribution is -0.118. The van der Waals surface area contributed by atoms with E-state index >= 15 is 0 Å². The Morgan fingerprint density at radius 3 is 2.48 bits per heavy atom. The Hall–Kier alpha value is -2.40. The quantitative estimate of drug-likeness (QED) is 0.433. The van der Waals surface area contributed by atoms with Crippen LogP contribution in [-0.4, -0.2) is 63.9 Å². The summed E-state index contributed by atoms with van der Waals surface area (Å²) in [6.45, 7) is 1.44. The third-order valence-corrected chi connectivity index (χ3v) is 7.85. The lowest BCUT2D eigenvalue weighted by Gasteiger charge is -2.21. The Labute approximate surface area is 203 Å². The van der Waals surface area contributed by atoms with Gasteiger partial charge in [0.2, 0.25) is 12.7 Å². The maximum Gasteiger partial charge on any atom is 0.231 e. The molecule has 1 aromatic heterocycles. The largest absolute Gasteiger partial charge is 0.454 e. The van der Waals surface area contributed by atoms with E-state index in [0.29, 0.717) is 23.2 Å². The number of anilines is 1. The zero-order valence-electron chi connectivity index (χ0n) is 18.4. The van der Waals surface area contributed by atoms with Crippen molar-refractivity contribution in [1.29, 1.82) is 0 Å². The summed E-state index contributed by atoms with van der Waals surface area (Å²) in [7, 11) is 0.398. The third kappa shape index (κ3) is 5.94. The van der Waals surface area contributed by atoms with Crippen LogP contribution in [-0.2, 0) is 14.6 Å². The average Bonchev–Trinajstić information content (AvgIpc) is 3.39. The third-order valence-electron chi connectivity index (χ3n) is 5.08. The highest BCUT2D eigenvalue weighted by atomic mass is 35.5. The van der Waals surface area contributed by atoms with E-state index in [1.165, 1.54) is 11.3 Å². The summed E-state index contributed by atoms with van der Waals surface area (Å²) in [4.78, 5) is 21.6. The zero-order valence-corrected chi connectivity index (χ0v) is 20.8. The molecule has 0 radical (unpaired) electrons. The van der Waals surface area contributed by atoms with Crippen molar-refractivity contribution in [2.75, 3.05) is 44.6 Å². The summed E-state index contributed by atoms with van der Waals surface area (Å²) in [5.41, 5.74) is 0.719. The lowest BCUT2D eigenvalue weighted by atomic mass is 10.3. The first-order valence-corrected chi connectivity index (χ1v) is 12.7. The van der Waals surface area contributed by atoms with Crippen molar-refractivity contribution in [3.05, 3.63) is 42.5 Å². The number of carbonyl (C=O) groups is 1. The van der Waals surface area contributed by atoms with Crippen LogP contribution >= 0.6 is 23.7 Å². The predicted molar refractivity (Wildman–Crippen MR) is 132 cm³/mol. The second-order valence-electron chi connectivity index (χ2n) is 7.75. The number of amides is 1. The van der Waals surface area contributed by atoms with E-state index < -0.39 is 9.84 Å². The van der Waals surface area contributed by atoms with E-state index in [0.717, 1.165) is 23.2 Å². The summed E-state index contributed by atoms with van der Waals surface area (Å²) in [6.07, 6.45) is 0.626. The van der Waals surface area contributed by atoms with Gasteiger partial charge in [0, 0.05) is 25.1 Å². The van der Waals surface area contributed by atoms with Crippen LogP contribution in [0.15, 0.2) is 47.4 Å². The number of rotatable bonds is 9. The van der Waals surface area contributed by atoms with Crippen LogP contribution in [0.2, 0.25) is 0 Å². The van der Waals surface area contributed by atoms with Crippen molar-refractivity contribution in [2.24, 2.45) is 0 Å². The Morgan fingerprint density at radius 1 is 1.09 bits per heavy atom. The number of thiazole rings is 1. The number of benzene rings is 2. The molecule has 3 aromatic rings. The van der Waals surface area contributed by atoms with E-state index in [-0.39, 0.29) is 42.2 Å². The molecule has 0 bridgehead atoms. The van der Waals surface area contributed by atoms with Crippen molar-refractivity contribution in [2.45, 2.75) is 17.7 Å². The van der Waals surface area contributed by atoms with Crippen LogP contribution in [0.3, 0.4) is 0 Å². The van der Waals surface area contributed by atoms with Crippen molar-refractivity contribution < 1.29 is 22.7 Å². The molecule has 2 aromatic carbocycles. The standard InChI is InChI=1S/C22H25N3O5S2.ClH/c1-24(2)10-6-11-25(21(26)9-12-32(27,28)16-7-4-3-5-8-16)22-23-17-13-18-19(30-15-29-18)14-20(17)31-22;/h3-5,7-8,13-14H,6,9-12,15H2,1-2H3;1H. The molecule has 11 heteroatoms. The minimum absolute atomic E-state index is 0. The first kappa shape index (κ1) is 25.2. The van der Waals surface area contributed by atoms with Gasteiger partial charge >= 0.3 is 0 Å². The number of sulfone groups is 1. The van der Waals surface area contributed by atoms with Crippen molar-refractivity contribution in [3.8, 4) is 11.5 Å². The highest BCUT2D eigenvalue weighted by molar-refractivity contribution is 7.91.